The molecule has 0 spiro atoms. The fraction of sp³-hybridized carbons (Fsp3) is 0.917. The van der Waals surface area contributed by atoms with Crippen LogP contribution >= 0.6 is 12.2 Å². The molecule has 0 aromatic rings. The van der Waals surface area contributed by atoms with Crippen molar-refractivity contribution < 1.29 is 0 Å². The van der Waals surface area contributed by atoms with Crippen molar-refractivity contribution in [1.29, 1.82) is 0 Å². The van der Waals surface area contributed by atoms with E-state index in [4.69, 9.17) is 12.2 Å². The molecule has 0 aromatic heterocycles. The van der Waals surface area contributed by atoms with Gasteiger partial charge in [-0.2, -0.15) is 0 Å². The third-order valence-electron chi connectivity index (χ3n) is 3.19. The minimum atomic E-state index is 0.574. The topological polar surface area (TPSA) is 27.3 Å². The van der Waals surface area contributed by atoms with Crippen LogP contribution in [0, 0.1) is 0 Å². The van der Waals surface area contributed by atoms with Gasteiger partial charge >= 0.3 is 0 Å². The third-order valence-corrected chi connectivity index (χ3v) is 3.45. The summed E-state index contributed by atoms with van der Waals surface area (Å²) in [7, 11) is 0. The molecule has 1 fully saturated rings. The van der Waals surface area contributed by atoms with Crippen LogP contribution in [0.15, 0.2) is 0 Å². The van der Waals surface area contributed by atoms with E-state index in [9.17, 15) is 0 Å². The first-order chi connectivity index (χ1) is 7.76. The fourth-order valence-electron chi connectivity index (χ4n) is 2.01. The highest BCUT2D eigenvalue weighted by Crippen LogP contribution is 2.09. The highest BCUT2D eigenvalue weighted by atomic mass is 32.1. The fourth-order valence-corrected chi connectivity index (χ4v) is 2.28. The Morgan fingerprint density at radius 1 is 1.31 bits per heavy atom. The molecule has 3 nitrogen and oxygen atoms in total. The zero-order valence-electron chi connectivity index (χ0n) is 10.6. The number of hydrogen-bond donors (Lipinski definition) is 2. The average molecular weight is 243 g/mol. The normalized spacial score (nSPS) is 18.4. The molecule has 1 heterocycles. The lowest BCUT2D eigenvalue weighted by Gasteiger charge is -2.32. The Bertz CT molecular complexity index is 200. The molecule has 2 N–H and O–H groups in total. The molecule has 0 radical (unpaired) electrons. The molecule has 0 aromatic carbocycles. The number of rotatable bonds is 5. The van der Waals surface area contributed by atoms with E-state index >= 15 is 0 Å². The molecule has 1 aliphatic rings. The number of hydrogen-bond acceptors (Lipinski definition) is 2. The van der Waals surface area contributed by atoms with E-state index in [1.807, 2.05) is 0 Å². The first kappa shape index (κ1) is 13.7. The maximum atomic E-state index is 5.27. The SMILES string of the molecule is CCCCNC(=S)NC1CCN(CC)CC1. The molecule has 1 aliphatic heterocycles. The van der Waals surface area contributed by atoms with Crippen molar-refractivity contribution in [2.45, 2.75) is 45.6 Å². The molecule has 16 heavy (non-hydrogen) atoms. The van der Waals surface area contributed by atoms with Crippen molar-refractivity contribution in [2.24, 2.45) is 0 Å². The maximum absolute atomic E-state index is 5.27. The zero-order valence-corrected chi connectivity index (χ0v) is 11.4. The number of thiocarbonyl (C=S) groups is 1. The van der Waals surface area contributed by atoms with E-state index in [2.05, 4.69) is 29.4 Å². The first-order valence-electron chi connectivity index (χ1n) is 6.53. The summed E-state index contributed by atoms with van der Waals surface area (Å²) in [4.78, 5) is 2.49. The lowest BCUT2D eigenvalue weighted by Crippen LogP contribution is -2.47. The largest absolute Gasteiger partial charge is 0.363 e. The van der Waals surface area contributed by atoms with Crippen molar-refractivity contribution in [3.8, 4) is 0 Å². The summed E-state index contributed by atoms with van der Waals surface area (Å²) in [5, 5.41) is 7.52. The van der Waals surface area contributed by atoms with Gasteiger partial charge in [-0.15, -0.1) is 0 Å². The smallest absolute Gasteiger partial charge is 0.166 e. The van der Waals surface area contributed by atoms with Gasteiger partial charge in [-0.05, 0) is 38.0 Å². The van der Waals surface area contributed by atoms with Gasteiger partial charge in [-0.25, -0.2) is 0 Å². The molecule has 4 heteroatoms. The van der Waals surface area contributed by atoms with Gasteiger partial charge in [0.2, 0.25) is 0 Å². The summed E-state index contributed by atoms with van der Waals surface area (Å²) in [6, 6.07) is 0.574. The highest BCUT2D eigenvalue weighted by Gasteiger charge is 2.17. The van der Waals surface area contributed by atoms with Crippen LogP contribution < -0.4 is 10.6 Å². The van der Waals surface area contributed by atoms with Crippen molar-refractivity contribution in [3.63, 3.8) is 0 Å². The van der Waals surface area contributed by atoms with Crippen molar-refractivity contribution >= 4 is 17.3 Å². The van der Waals surface area contributed by atoms with E-state index < -0.39 is 0 Å². The summed E-state index contributed by atoms with van der Waals surface area (Å²) in [6.07, 6.45) is 4.83. The maximum Gasteiger partial charge on any atom is 0.166 e. The Kier molecular flexibility index (Phi) is 6.73. The van der Waals surface area contributed by atoms with Crippen LogP contribution in [0.5, 0.6) is 0 Å². The van der Waals surface area contributed by atoms with Crippen LogP contribution in [0.1, 0.15) is 39.5 Å². The van der Waals surface area contributed by atoms with E-state index in [0.29, 0.717) is 6.04 Å². The standard InChI is InChI=1S/C12H25N3S/c1-3-5-8-13-12(16)14-11-6-9-15(4-2)10-7-11/h11H,3-10H2,1-2H3,(H2,13,14,16). The van der Waals surface area contributed by atoms with Crippen LogP contribution in [0.25, 0.3) is 0 Å². The van der Waals surface area contributed by atoms with Crippen molar-refractivity contribution in [3.05, 3.63) is 0 Å². The quantitative estimate of drug-likeness (QED) is 0.568. The van der Waals surface area contributed by atoms with Gasteiger partial charge in [0.15, 0.2) is 5.11 Å². The number of piperidine rings is 1. The van der Waals surface area contributed by atoms with E-state index in [0.717, 1.165) is 11.7 Å². The zero-order chi connectivity index (χ0) is 11.8. The molecular formula is C12H25N3S. The monoisotopic (exact) mass is 243 g/mol. The van der Waals surface area contributed by atoms with Crippen molar-refractivity contribution in [2.75, 3.05) is 26.2 Å². The van der Waals surface area contributed by atoms with Gasteiger partial charge in [-0.1, -0.05) is 20.3 Å². The molecule has 0 saturated carbocycles. The summed E-state index contributed by atoms with van der Waals surface area (Å²) in [6.45, 7) is 8.99. The van der Waals surface area contributed by atoms with Crippen LogP contribution in [-0.4, -0.2) is 42.2 Å². The number of nitrogens with one attached hydrogen (secondary N) is 2. The van der Waals surface area contributed by atoms with Crippen LogP contribution in [0.3, 0.4) is 0 Å². The first-order valence-corrected chi connectivity index (χ1v) is 6.93. The van der Waals surface area contributed by atoms with Gasteiger partial charge in [0.05, 0.1) is 0 Å². The van der Waals surface area contributed by atoms with E-state index in [1.165, 1.54) is 45.3 Å². The Balaban J connectivity index is 2.10. The second-order valence-electron chi connectivity index (χ2n) is 4.46. The summed E-state index contributed by atoms with van der Waals surface area (Å²) in [5.41, 5.74) is 0. The van der Waals surface area contributed by atoms with Gasteiger partial charge < -0.3 is 15.5 Å². The molecule has 0 amide bonds. The number of likely N-dealkylation sites (tertiary alicyclic amines) is 1. The number of nitrogens with zero attached hydrogens (tertiary/aromatic N) is 1. The molecule has 0 unspecified atom stereocenters. The minimum absolute atomic E-state index is 0.574. The Hall–Kier alpha value is -0.350. The highest BCUT2D eigenvalue weighted by molar-refractivity contribution is 7.80. The van der Waals surface area contributed by atoms with E-state index in [-0.39, 0.29) is 0 Å². The van der Waals surface area contributed by atoms with Gasteiger partial charge in [0.1, 0.15) is 0 Å². The summed E-state index contributed by atoms with van der Waals surface area (Å²) >= 11 is 5.27. The van der Waals surface area contributed by atoms with Gasteiger partial charge in [0.25, 0.3) is 0 Å². The third kappa shape index (κ3) is 5.12. The molecule has 1 rings (SSSR count). The van der Waals surface area contributed by atoms with Crippen molar-refractivity contribution in [1.82, 2.24) is 15.5 Å². The summed E-state index contributed by atoms with van der Waals surface area (Å²) < 4.78 is 0. The molecule has 1 saturated heterocycles. The molecular weight excluding hydrogens is 218 g/mol. The minimum Gasteiger partial charge on any atom is -0.363 e. The average Bonchev–Trinajstić information content (AvgIpc) is 2.30. The molecule has 94 valence electrons. The van der Waals surface area contributed by atoms with Crippen LogP contribution in [0.2, 0.25) is 0 Å². The van der Waals surface area contributed by atoms with Crippen LogP contribution in [-0.2, 0) is 0 Å². The summed E-state index contributed by atoms with van der Waals surface area (Å²) in [5.74, 6) is 0. The molecule has 0 atom stereocenters. The molecule has 0 aliphatic carbocycles. The van der Waals surface area contributed by atoms with E-state index in [1.54, 1.807) is 0 Å². The lowest BCUT2D eigenvalue weighted by atomic mass is 10.1. The Labute approximate surface area is 105 Å². The lowest BCUT2D eigenvalue weighted by molar-refractivity contribution is 0.216. The second kappa shape index (κ2) is 7.85. The van der Waals surface area contributed by atoms with Crippen LogP contribution in [0.4, 0.5) is 0 Å². The van der Waals surface area contributed by atoms with Gasteiger partial charge in [-0.3, -0.25) is 0 Å². The molecule has 0 bridgehead atoms. The Morgan fingerprint density at radius 3 is 2.56 bits per heavy atom. The predicted octanol–water partition coefficient (Wildman–Crippen LogP) is 1.73. The number of unbranched alkanes of at least 4 members (excludes halogenated alkanes) is 1. The second-order valence-corrected chi connectivity index (χ2v) is 4.87. The van der Waals surface area contributed by atoms with Gasteiger partial charge in [0, 0.05) is 25.7 Å². The Morgan fingerprint density at radius 2 is 2.00 bits per heavy atom. The predicted molar refractivity (Wildman–Crippen MR) is 73.8 cm³/mol.